The van der Waals surface area contributed by atoms with Gasteiger partial charge in [0.25, 0.3) is 0 Å². The molecule has 17 heavy (non-hydrogen) atoms. The lowest BCUT2D eigenvalue weighted by Crippen LogP contribution is -2.21. The highest BCUT2D eigenvalue weighted by Crippen LogP contribution is 2.20. The lowest BCUT2D eigenvalue weighted by atomic mass is 10.2. The van der Waals surface area contributed by atoms with Crippen LogP contribution in [0.2, 0.25) is 0 Å². The maximum absolute atomic E-state index is 10.7. The zero-order valence-corrected chi connectivity index (χ0v) is 11.8. The molecule has 0 aliphatic rings. The second-order valence-electron chi connectivity index (χ2n) is 3.65. The van der Waals surface area contributed by atoms with Gasteiger partial charge in [-0.3, -0.25) is 0 Å². The number of hydrogen-bond donors (Lipinski definition) is 0. The molecule has 0 unspecified atom stereocenters. The van der Waals surface area contributed by atoms with Crippen molar-refractivity contribution in [2.75, 3.05) is 18.3 Å². The molecule has 0 aliphatic heterocycles. The van der Waals surface area contributed by atoms with E-state index in [-0.39, 0.29) is 0 Å². The van der Waals surface area contributed by atoms with Crippen LogP contribution in [0.25, 0.3) is 0 Å². The molecule has 0 fully saturated rings. The summed E-state index contributed by atoms with van der Waals surface area (Å²) in [6.45, 7) is 2.26. The minimum atomic E-state index is -6.09. The summed E-state index contributed by atoms with van der Waals surface area (Å²) in [7, 11) is -5.41. The molecule has 106 valence electrons. The van der Waals surface area contributed by atoms with Crippen LogP contribution in [0.4, 0.5) is 13.2 Å². The van der Waals surface area contributed by atoms with Gasteiger partial charge in [0, 0.05) is 0 Å². The Labute approximate surface area is 104 Å². The lowest BCUT2D eigenvalue weighted by molar-refractivity contribution is -0.0517. The zero-order valence-electron chi connectivity index (χ0n) is 10.2. The van der Waals surface area contributed by atoms with E-state index in [0.29, 0.717) is 10.9 Å². The van der Waals surface area contributed by atoms with Crippen LogP contribution in [0.15, 0.2) is 0 Å². The van der Waals surface area contributed by atoms with E-state index in [1.165, 1.54) is 31.4 Å². The molecule has 0 rings (SSSR count). The van der Waals surface area contributed by atoms with Crippen molar-refractivity contribution in [1.29, 1.82) is 0 Å². The predicted molar refractivity (Wildman–Crippen MR) is 64.0 cm³/mol. The van der Waals surface area contributed by atoms with Gasteiger partial charge in [0.1, 0.15) is 5.75 Å². The standard InChI is InChI=1S/C8H19S.CHF3O3S/c1-4-5-6-7-8-9(2)3;2-1(3,4)8(5,6)7/h4-8H2,1-3H3;(H,5,6,7)/q+1;/p-1. The average Bonchev–Trinajstić information content (AvgIpc) is 2.10. The van der Waals surface area contributed by atoms with Crippen molar-refractivity contribution in [2.24, 2.45) is 0 Å². The molecule has 0 heterocycles. The van der Waals surface area contributed by atoms with Crippen LogP contribution in [0, 0.1) is 0 Å². The van der Waals surface area contributed by atoms with Gasteiger partial charge < -0.3 is 4.55 Å². The van der Waals surface area contributed by atoms with Gasteiger partial charge in [-0.1, -0.05) is 19.8 Å². The molecule has 0 spiro atoms. The van der Waals surface area contributed by atoms with E-state index in [1.807, 2.05) is 0 Å². The first kappa shape index (κ1) is 19.4. The summed E-state index contributed by atoms with van der Waals surface area (Å²) in [4.78, 5) is 0. The van der Waals surface area contributed by atoms with Gasteiger partial charge in [-0.25, -0.2) is 8.42 Å². The predicted octanol–water partition coefficient (Wildman–Crippen LogP) is 2.50. The molecule has 0 bridgehead atoms. The van der Waals surface area contributed by atoms with Crippen LogP contribution < -0.4 is 0 Å². The van der Waals surface area contributed by atoms with Crippen molar-refractivity contribution in [1.82, 2.24) is 0 Å². The molecule has 0 N–H and O–H groups in total. The molecule has 0 aromatic carbocycles. The molecule has 0 atom stereocenters. The first-order valence-corrected chi connectivity index (χ1v) is 8.70. The van der Waals surface area contributed by atoms with Gasteiger partial charge in [-0.15, -0.1) is 0 Å². The number of hydrogen-bond acceptors (Lipinski definition) is 3. The summed E-state index contributed by atoms with van der Waals surface area (Å²) in [6.07, 6.45) is 10.3. The molecule has 0 saturated carbocycles. The zero-order chi connectivity index (χ0) is 14.1. The molecule has 0 aromatic heterocycles. The summed E-state index contributed by atoms with van der Waals surface area (Å²) >= 11 is 0. The highest BCUT2D eigenvalue weighted by atomic mass is 32.2. The second-order valence-corrected chi connectivity index (χ2v) is 7.40. The van der Waals surface area contributed by atoms with Crippen molar-refractivity contribution < 1.29 is 26.1 Å². The minimum Gasteiger partial charge on any atom is -0.741 e. The highest BCUT2D eigenvalue weighted by molar-refractivity contribution is 7.95. The summed E-state index contributed by atoms with van der Waals surface area (Å²) in [5.74, 6) is 1.44. The van der Waals surface area contributed by atoms with Crippen molar-refractivity contribution in [2.45, 2.75) is 38.1 Å². The first-order valence-electron chi connectivity index (χ1n) is 5.08. The number of unbranched alkanes of at least 4 members (excludes halogenated alkanes) is 3. The van der Waals surface area contributed by atoms with Crippen LogP contribution in [0.3, 0.4) is 0 Å². The largest absolute Gasteiger partial charge is 0.741 e. The van der Waals surface area contributed by atoms with E-state index >= 15 is 0 Å². The summed E-state index contributed by atoms with van der Waals surface area (Å²) in [5, 5.41) is 0. The molecule has 8 heteroatoms. The topological polar surface area (TPSA) is 57.2 Å². The third-order valence-electron chi connectivity index (χ3n) is 1.69. The Morgan fingerprint density at radius 2 is 1.53 bits per heavy atom. The van der Waals surface area contributed by atoms with E-state index < -0.39 is 15.6 Å². The Morgan fingerprint density at radius 3 is 1.76 bits per heavy atom. The summed E-state index contributed by atoms with van der Waals surface area (Å²) in [5.41, 5.74) is -5.65. The molecule has 0 radical (unpaired) electrons. The van der Waals surface area contributed by atoms with Crippen LogP contribution in [0.1, 0.15) is 32.6 Å². The third-order valence-corrected chi connectivity index (χ3v) is 3.36. The third kappa shape index (κ3) is 14.0. The Balaban J connectivity index is 0. The van der Waals surface area contributed by atoms with Crippen LogP contribution in [-0.4, -0.2) is 36.7 Å². The van der Waals surface area contributed by atoms with Gasteiger partial charge in [0.15, 0.2) is 10.1 Å². The number of halogens is 3. The van der Waals surface area contributed by atoms with Crippen molar-refractivity contribution >= 4 is 21.0 Å². The van der Waals surface area contributed by atoms with Crippen LogP contribution in [0.5, 0.6) is 0 Å². The van der Waals surface area contributed by atoms with Crippen molar-refractivity contribution in [3.05, 3.63) is 0 Å². The molecule has 0 amide bonds. The van der Waals surface area contributed by atoms with E-state index in [2.05, 4.69) is 19.4 Å². The monoisotopic (exact) mass is 296 g/mol. The summed E-state index contributed by atoms with van der Waals surface area (Å²) in [6, 6.07) is 0. The fourth-order valence-corrected chi connectivity index (χ4v) is 1.60. The van der Waals surface area contributed by atoms with E-state index in [1.54, 1.807) is 0 Å². The second kappa shape index (κ2) is 9.04. The van der Waals surface area contributed by atoms with Crippen LogP contribution >= 0.6 is 0 Å². The normalized spacial score (nSPS) is 12.2. The van der Waals surface area contributed by atoms with Gasteiger partial charge in [-0.2, -0.15) is 13.2 Å². The number of alkyl halides is 3. The van der Waals surface area contributed by atoms with Gasteiger partial charge in [0.05, 0.1) is 12.5 Å². The highest BCUT2D eigenvalue weighted by Gasteiger charge is 2.36. The SMILES string of the molecule is CCCCCC[S+](C)C.O=S(=O)([O-])C(F)(F)F. The molecule has 0 saturated heterocycles. The Kier molecular flexibility index (Phi) is 10.3. The van der Waals surface area contributed by atoms with E-state index in [9.17, 15) is 13.2 Å². The lowest BCUT2D eigenvalue weighted by Gasteiger charge is -2.08. The molecule has 3 nitrogen and oxygen atoms in total. The minimum absolute atomic E-state index is 0.681. The first-order chi connectivity index (χ1) is 7.52. The summed E-state index contributed by atoms with van der Waals surface area (Å²) < 4.78 is 58.9. The molecule has 0 aliphatic carbocycles. The molecule has 0 aromatic rings. The van der Waals surface area contributed by atoms with Crippen molar-refractivity contribution in [3.63, 3.8) is 0 Å². The van der Waals surface area contributed by atoms with Gasteiger partial charge >= 0.3 is 5.51 Å². The Hall–Kier alpha value is 0.0500. The quantitative estimate of drug-likeness (QED) is 0.339. The molecular weight excluding hydrogens is 277 g/mol. The van der Waals surface area contributed by atoms with Crippen LogP contribution in [-0.2, 0) is 21.0 Å². The number of rotatable bonds is 5. The van der Waals surface area contributed by atoms with Crippen molar-refractivity contribution in [3.8, 4) is 0 Å². The maximum Gasteiger partial charge on any atom is 0.485 e. The average molecular weight is 296 g/mol. The van der Waals surface area contributed by atoms with Gasteiger partial charge in [0.2, 0.25) is 0 Å². The fourth-order valence-electron chi connectivity index (χ4n) is 0.818. The molecular formula is C9H19F3O3S2. The Bertz CT molecular complexity index is 274. The van der Waals surface area contributed by atoms with E-state index in [4.69, 9.17) is 13.0 Å². The Morgan fingerprint density at radius 1 is 1.12 bits per heavy atom. The maximum atomic E-state index is 10.7. The fraction of sp³-hybridized carbons (Fsp3) is 1.00. The van der Waals surface area contributed by atoms with E-state index in [0.717, 1.165) is 0 Å². The smallest absolute Gasteiger partial charge is 0.485 e. The van der Waals surface area contributed by atoms with Gasteiger partial charge in [-0.05, 0) is 23.7 Å².